The lowest BCUT2D eigenvalue weighted by Crippen LogP contribution is -2.37. The van der Waals surface area contributed by atoms with Crippen LogP contribution in [0.4, 0.5) is 5.69 Å². The number of hydrogen-bond acceptors (Lipinski definition) is 3. The molecule has 0 heterocycles. The first kappa shape index (κ1) is 14.5. The molecule has 0 fully saturated rings. The van der Waals surface area contributed by atoms with Crippen LogP contribution in [0.1, 0.15) is 13.8 Å². The van der Waals surface area contributed by atoms with Gasteiger partial charge in [-0.2, -0.15) is 0 Å². The normalized spacial score (nSPS) is 10.9. The van der Waals surface area contributed by atoms with Crippen molar-refractivity contribution in [2.45, 2.75) is 13.8 Å². The molecule has 1 aromatic carbocycles. The quantitative estimate of drug-likeness (QED) is 0.837. The Morgan fingerprint density at radius 2 is 2.00 bits per heavy atom. The topological polar surface area (TPSA) is 75.6 Å². The molecule has 0 aromatic heterocycles. The molecule has 0 unspecified atom stereocenters. The van der Waals surface area contributed by atoms with E-state index in [1.54, 1.807) is 18.2 Å². The summed E-state index contributed by atoms with van der Waals surface area (Å²) in [6.07, 6.45) is 0. The average Bonchev–Trinajstić information content (AvgIpc) is 2.31. The predicted molar refractivity (Wildman–Crippen MR) is 70.7 cm³/mol. The number of methoxy groups -OCH3 is 1. The number of carboxylic acids is 1. The number of nitrogens with one attached hydrogen (secondary N) is 1. The maximum Gasteiger partial charge on any atom is 0.318 e. The van der Waals surface area contributed by atoms with Crippen molar-refractivity contribution in [2.24, 2.45) is 5.41 Å². The minimum absolute atomic E-state index is 0.481. The maximum absolute atomic E-state index is 11.8. The van der Waals surface area contributed by atoms with Gasteiger partial charge in [0, 0.05) is 11.8 Å². The summed E-state index contributed by atoms with van der Waals surface area (Å²) in [5.41, 5.74) is -1.00. The number of carbonyl (C=O) groups is 2. The fourth-order valence-electron chi connectivity index (χ4n) is 1.12. The standard InChI is InChI=1S/C12H14BrNO4/c1-12(2,11(16)17)10(15)14-7-4-5-8(13)9(6-7)18-3/h4-6H,1-3H3,(H,14,15)(H,16,17). The van der Waals surface area contributed by atoms with Crippen LogP contribution in [0, 0.1) is 5.41 Å². The lowest BCUT2D eigenvalue weighted by Gasteiger charge is -2.18. The molecule has 0 bridgehead atoms. The fourth-order valence-corrected chi connectivity index (χ4v) is 1.53. The van der Waals surface area contributed by atoms with Crippen molar-refractivity contribution in [3.05, 3.63) is 22.7 Å². The van der Waals surface area contributed by atoms with Crippen LogP contribution in [-0.4, -0.2) is 24.1 Å². The summed E-state index contributed by atoms with van der Waals surface area (Å²) in [6, 6.07) is 4.98. The number of anilines is 1. The van der Waals surface area contributed by atoms with Gasteiger partial charge in [0.1, 0.15) is 11.2 Å². The van der Waals surface area contributed by atoms with Crippen LogP contribution >= 0.6 is 15.9 Å². The van der Waals surface area contributed by atoms with Gasteiger partial charge in [-0.1, -0.05) is 0 Å². The lowest BCUT2D eigenvalue weighted by atomic mass is 9.92. The van der Waals surface area contributed by atoms with Crippen LogP contribution in [0.2, 0.25) is 0 Å². The van der Waals surface area contributed by atoms with Crippen molar-refractivity contribution in [1.82, 2.24) is 0 Å². The van der Waals surface area contributed by atoms with E-state index in [4.69, 9.17) is 9.84 Å². The minimum Gasteiger partial charge on any atom is -0.495 e. The molecule has 0 aliphatic heterocycles. The first-order chi connectivity index (χ1) is 8.28. The maximum atomic E-state index is 11.8. The second-order valence-electron chi connectivity index (χ2n) is 4.23. The highest BCUT2D eigenvalue weighted by Crippen LogP contribution is 2.28. The number of benzene rings is 1. The molecule has 0 atom stereocenters. The largest absolute Gasteiger partial charge is 0.495 e. The molecule has 2 N–H and O–H groups in total. The zero-order valence-electron chi connectivity index (χ0n) is 10.3. The van der Waals surface area contributed by atoms with E-state index in [0.29, 0.717) is 11.4 Å². The van der Waals surface area contributed by atoms with Gasteiger partial charge in [0.15, 0.2) is 0 Å². The Bertz CT molecular complexity index is 485. The summed E-state index contributed by atoms with van der Waals surface area (Å²) >= 11 is 3.29. The molecule has 0 aliphatic rings. The highest BCUT2D eigenvalue weighted by molar-refractivity contribution is 9.10. The van der Waals surface area contributed by atoms with E-state index in [9.17, 15) is 9.59 Å². The number of aliphatic carboxylic acids is 1. The Kier molecular flexibility index (Phi) is 4.34. The fraction of sp³-hybridized carbons (Fsp3) is 0.333. The number of carbonyl (C=O) groups excluding carboxylic acids is 1. The predicted octanol–water partition coefficient (Wildman–Crippen LogP) is 2.51. The molecule has 1 aromatic rings. The highest BCUT2D eigenvalue weighted by atomic mass is 79.9. The number of halogens is 1. The van der Waals surface area contributed by atoms with Crippen molar-refractivity contribution in [3.63, 3.8) is 0 Å². The molecule has 0 saturated carbocycles. The van der Waals surface area contributed by atoms with Crippen molar-refractivity contribution >= 4 is 33.5 Å². The summed E-state index contributed by atoms with van der Waals surface area (Å²) in [5.74, 6) is -1.20. The second-order valence-corrected chi connectivity index (χ2v) is 5.09. The minimum atomic E-state index is -1.49. The number of rotatable bonds is 4. The summed E-state index contributed by atoms with van der Waals surface area (Å²) in [5, 5.41) is 11.5. The van der Waals surface area contributed by atoms with E-state index in [0.717, 1.165) is 4.47 Å². The van der Waals surface area contributed by atoms with Crippen LogP contribution in [0.25, 0.3) is 0 Å². The molecule has 0 saturated heterocycles. The molecular formula is C12H14BrNO4. The molecule has 6 heteroatoms. The van der Waals surface area contributed by atoms with E-state index in [-0.39, 0.29) is 0 Å². The van der Waals surface area contributed by atoms with Crippen molar-refractivity contribution in [2.75, 3.05) is 12.4 Å². The van der Waals surface area contributed by atoms with Gasteiger partial charge in [-0.15, -0.1) is 0 Å². The van der Waals surface area contributed by atoms with Gasteiger partial charge < -0.3 is 15.2 Å². The molecule has 5 nitrogen and oxygen atoms in total. The second kappa shape index (κ2) is 5.39. The Labute approximate surface area is 113 Å². The van der Waals surface area contributed by atoms with Gasteiger partial charge in [-0.25, -0.2) is 0 Å². The highest BCUT2D eigenvalue weighted by Gasteiger charge is 2.36. The van der Waals surface area contributed by atoms with E-state index >= 15 is 0 Å². The molecule has 18 heavy (non-hydrogen) atoms. The molecule has 0 aliphatic carbocycles. The average molecular weight is 316 g/mol. The van der Waals surface area contributed by atoms with Crippen molar-refractivity contribution in [1.29, 1.82) is 0 Å². The molecular weight excluding hydrogens is 302 g/mol. The van der Waals surface area contributed by atoms with E-state index in [2.05, 4.69) is 21.2 Å². The third-order valence-electron chi connectivity index (χ3n) is 2.51. The smallest absolute Gasteiger partial charge is 0.318 e. The van der Waals surface area contributed by atoms with Crippen molar-refractivity contribution < 1.29 is 19.4 Å². The summed E-state index contributed by atoms with van der Waals surface area (Å²) < 4.78 is 5.84. The van der Waals surface area contributed by atoms with E-state index in [1.807, 2.05) is 0 Å². The third kappa shape index (κ3) is 3.01. The van der Waals surface area contributed by atoms with Gasteiger partial charge >= 0.3 is 5.97 Å². The molecule has 98 valence electrons. The van der Waals surface area contributed by atoms with Crippen LogP contribution in [-0.2, 0) is 9.59 Å². The zero-order chi connectivity index (χ0) is 13.9. The van der Waals surface area contributed by atoms with Crippen LogP contribution in [0.5, 0.6) is 5.75 Å². The van der Waals surface area contributed by atoms with Gasteiger partial charge in [-0.05, 0) is 41.9 Å². The first-order valence-corrected chi connectivity index (χ1v) is 5.96. The summed E-state index contributed by atoms with van der Waals surface area (Å²) in [6.45, 7) is 2.70. The van der Waals surface area contributed by atoms with Crippen LogP contribution < -0.4 is 10.1 Å². The van der Waals surface area contributed by atoms with E-state index < -0.39 is 17.3 Å². The monoisotopic (exact) mass is 315 g/mol. The Balaban J connectivity index is 2.92. The molecule has 0 radical (unpaired) electrons. The lowest BCUT2D eigenvalue weighted by molar-refractivity contribution is -0.151. The number of hydrogen-bond donors (Lipinski definition) is 2. The van der Waals surface area contributed by atoms with Gasteiger partial charge in [0.2, 0.25) is 5.91 Å². The number of ether oxygens (including phenoxy) is 1. The number of amides is 1. The molecule has 1 amide bonds. The summed E-state index contributed by atoms with van der Waals surface area (Å²) in [4.78, 5) is 22.8. The SMILES string of the molecule is COc1cc(NC(=O)C(C)(C)C(=O)O)ccc1Br. The van der Waals surface area contributed by atoms with Crippen LogP contribution in [0.3, 0.4) is 0 Å². The first-order valence-electron chi connectivity index (χ1n) is 5.17. The van der Waals surface area contributed by atoms with Crippen molar-refractivity contribution in [3.8, 4) is 5.75 Å². The summed E-state index contributed by atoms with van der Waals surface area (Å²) in [7, 11) is 1.51. The van der Waals surface area contributed by atoms with Gasteiger partial charge in [0.05, 0.1) is 11.6 Å². The Hall–Kier alpha value is -1.56. The zero-order valence-corrected chi connectivity index (χ0v) is 11.9. The van der Waals surface area contributed by atoms with Gasteiger partial charge in [-0.3, -0.25) is 9.59 Å². The molecule has 0 spiro atoms. The Morgan fingerprint density at radius 1 is 1.39 bits per heavy atom. The third-order valence-corrected chi connectivity index (χ3v) is 3.17. The van der Waals surface area contributed by atoms with E-state index in [1.165, 1.54) is 21.0 Å². The molecule has 1 rings (SSSR count). The van der Waals surface area contributed by atoms with Gasteiger partial charge in [0.25, 0.3) is 0 Å². The Morgan fingerprint density at radius 3 is 2.50 bits per heavy atom. The number of carboxylic acid groups (broad SMARTS) is 1. The van der Waals surface area contributed by atoms with Crippen LogP contribution in [0.15, 0.2) is 22.7 Å².